The van der Waals surface area contributed by atoms with Gasteiger partial charge in [0.05, 0.1) is 46.9 Å². The highest BCUT2D eigenvalue weighted by Gasteiger charge is 2.26. The van der Waals surface area contributed by atoms with Gasteiger partial charge in [-0.05, 0) is 18.2 Å². The molecule has 0 saturated carbocycles. The van der Waals surface area contributed by atoms with Gasteiger partial charge in [0.15, 0.2) is 0 Å². The first-order valence-corrected chi connectivity index (χ1v) is 7.35. The number of anilines is 2. The van der Waals surface area contributed by atoms with E-state index in [1.54, 1.807) is 12.1 Å². The third kappa shape index (κ3) is 1.96. The van der Waals surface area contributed by atoms with Crippen LogP contribution in [0.15, 0.2) is 40.1 Å². The molecule has 1 aliphatic heterocycles. The molecule has 5 nitrogen and oxygen atoms in total. The van der Waals surface area contributed by atoms with Crippen LogP contribution in [0.2, 0.25) is 10.0 Å². The van der Waals surface area contributed by atoms with Crippen molar-refractivity contribution in [3.8, 4) is 0 Å². The van der Waals surface area contributed by atoms with Crippen molar-refractivity contribution in [2.24, 2.45) is 0 Å². The highest BCUT2D eigenvalue weighted by Crippen LogP contribution is 2.44. The molecule has 1 unspecified atom stereocenters. The minimum Gasteiger partial charge on any atom is -0.352 e. The maximum Gasteiger partial charge on any atom is 0.270 e. The van der Waals surface area contributed by atoms with E-state index in [1.165, 1.54) is 18.2 Å². The van der Waals surface area contributed by atoms with E-state index >= 15 is 0 Å². The number of hydrogen-bond acceptors (Lipinski definition) is 4. The molecule has 0 radical (unpaired) electrons. The van der Waals surface area contributed by atoms with Crippen molar-refractivity contribution in [1.82, 2.24) is 0 Å². The van der Waals surface area contributed by atoms with E-state index in [2.05, 4.69) is 5.32 Å². The van der Waals surface area contributed by atoms with Gasteiger partial charge in [-0.3, -0.25) is 10.1 Å². The lowest BCUT2D eigenvalue weighted by Crippen LogP contribution is -2.09. The van der Waals surface area contributed by atoms with Gasteiger partial charge in [0.25, 0.3) is 5.69 Å². The second kappa shape index (κ2) is 4.73. The van der Waals surface area contributed by atoms with Crippen molar-refractivity contribution >= 4 is 51.1 Å². The van der Waals surface area contributed by atoms with Crippen molar-refractivity contribution in [2.75, 3.05) is 5.32 Å². The monoisotopic (exact) mass is 328 g/mol. The Hall–Kier alpha value is -1.63. The van der Waals surface area contributed by atoms with Crippen LogP contribution in [0.1, 0.15) is 0 Å². The summed E-state index contributed by atoms with van der Waals surface area (Å²) in [5.41, 5.74) is 0.881. The van der Waals surface area contributed by atoms with E-state index < -0.39 is 15.7 Å². The minimum absolute atomic E-state index is 0.109. The van der Waals surface area contributed by atoms with E-state index in [0.717, 1.165) is 0 Å². The lowest BCUT2D eigenvalue weighted by atomic mass is 10.2. The Labute approximate surface area is 126 Å². The number of nitrogens with zero attached hydrogens (tertiary/aromatic N) is 1. The fourth-order valence-corrected chi connectivity index (χ4v) is 3.68. The highest BCUT2D eigenvalue weighted by atomic mass is 35.5. The zero-order chi connectivity index (χ0) is 14.4. The molecule has 1 N–H and O–H groups in total. The van der Waals surface area contributed by atoms with Gasteiger partial charge in [-0.2, -0.15) is 0 Å². The number of nitro benzene ring substituents is 1. The van der Waals surface area contributed by atoms with Gasteiger partial charge >= 0.3 is 0 Å². The molecular formula is C12H6Cl2N2O3S. The molecule has 3 rings (SSSR count). The fraction of sp³-hybridized carbons (Fsp3) is 0. The topological polar surface area (TPSA) is 72.2 Å². The lowest BCUT2D eigenvalue weighted by molar-refractivity contribution is -0.385. The number of rotatable bonds is 1. The standard InChI is InChI=1S/C12H6Cl2N2O3S/c13-7-2-4-9-12(11(7)14)15-8-3-1-6(16(17)18)5-10(8)20(9)19/h1-5,15H. The summed E-state index contributed by atoms with van der Waals surface area (Å²) >= 11 is 12.0. The SMILES string of the molecule is O=[N+]([O-])c1ccc2c(c1)S(=O)c1ccc(Cl)c(Cl)c1N2. The predicted octanol–water partition coefficient (Wildman–Crippen LogP) is 4.13. The summed E-state index contributed by atoms with van der Waals surface area (Å²) in [4.78, 5) is 11.1. The van der Waals surface area contributed by atoms with Crippen LogP contribution in [-0.4, -0.2) is 9.13 Å². The fourth-order valence-electron chi connectivity index (χ4n) is 1.94. The summed E-state index contributed by atoms with van der Waals surface area (Å²) < 4.78 is 12.5. The van der Waals surface area contributed by atoms with Gasteiger partial charge in [-0.25, -0.2) is 4.21 Å². The van der Waals surface area contributed by atoms with Crippen molar-refractivity contribution in [1.29, 1.82) is 0 Å². The zero-order valence-electron chi connectivity index (χ0n) is 9.72. The number of hydrogen-bond donors (Lipinski definition) is 1. The molecule has 2 aromatic rings. The van der Waals surface area contributed by atoms with Crippen molar-refractivity contribution in [2.45, 2.75) is 9.79 Å². The second-order valence-electron chi connectivity index (χ2n) is 4.07. The van der Waals surface area contributed by atoms with Gasteiger partial charge in [0.2, 0.25) is 0 Å². The average Bonchev–Trinajstić information content (AvgIpc) is 2.43. The molecule has 0 bridgehead atoms. The number of halogens is 2. The first kappa shape index (κ1) is 13.4. The molecule has 0 saturated heterocycles. The number of non-ortho nitro benzene ring substituents is 1. The van der Waals surface area contributed by atoms with Crippen molar-refractivity contribution in [3.05, 3.63) is 50.5 Å². The van der Waals surface area contributed by atoms with Crippen LogP contribution < -0.4 is 5.32 Å². The van der Waals surface area contributed by atoms with Crippen LogP contribution >= 0.6 is 23.2 Å². The van der Waals surface area contributed by atoms with Crippen LogP contribution in [0.3, 0.4) is 0 Å². The second-order valence-corrected chi connectivity index (χ2v) is 6.27. The Balaban J connectivity index is 2.20. The first-order chi connectivity index (χ1) is 9.49. The van der Waals surface area contributed by atoms with Gasteiger partial charge in [-0.15, -0.1) is 0 Å². The normalized spacial score (nSPS) is 16.0. The zero-order valence-corrected chi connectivity index (χ0v) is 12.1. The van der Waals surface area contributed by atoms with E-state index in [4.69, 9.17) is 23.2 Å². The van der Waals surface area contributed by atoms with E-state index in [1.807, 2.05) is 0 Å². The molecule has 0 fully saturated rings. The third-order valence-electron chi connectivity index (χ3n) is 2.89. The van der Waals surface area contributed by atoms with E-state index in [0.29, 0.717) is 26.2 Å². The van der Waals surface area contributed by atoms with E-state index in [9.17, 15) is 14.3 Å². The van der Waals surface area contributed by atoms with Gasteiger partial charge in [0, 0.05) is 12.1 Å². The molecule has 2 aromatic carbocycles. The number of nitro groups is 1. The summed E-state index contributed by atoms with van der Waals surface area (Å²) in [6, 6.07) is 7.28. The molecular weight excluding hydrogens is 323 g/mol. The van der Waals surface area contributed by atoms with Crippen LogP contribution in [0.25, 0.3) is 0 Å². The molecule has 1 atom stereocenters. The molecule has 1 aliphatic rings. The average molecular weight is 329 g/mol. The van der Waals surface area contributed by atoms with Crippen molar-refractivity contribution < 1.29 is 9.13 Å². The molecule has 0 aromatic heterocycles. The molecule has 0 aliphatic carbocycles. The lowest BCUT2D eigenvalue weighted by Gasteiger charge is -2.21. The first-order valence-electron chi connectivity index (χ1n) is 5.44. The van der Waals surface area contributed by atoms with Crippen LogP contribution in [0.4, 0.5) is 17.1 Å². The smallest absolute Gasteiger partial charge is 0.270 e. The number of benzene rings is 2. The molecule has 0 spiro atoms. The Morgan fingerprint density at radius 2 is 1.90 bits per heavy atom. The third-order valence-corrected chi connectivity index (χ3v) is 5.17. The Bertz CT molecular complexity index is 780. The molecule has 8 heteroatoms. The summed E-state index contributed by atoms with van der Waals surface area (Å²) in [7, 11) is -1.55. The molecule has 102 valence electrons. The Morgan fingerprint density at radius 3 is 2.60 bits per heavy atom. The number of fused-ring (bicyclic) bond motifs is 2. The summed E-state index contributed by atoms with van der Waals surface area (Å²) in [5, 5.41) is 14.4. The quantitative estimate of drug-likeness (QED) is 0.538. The highest BCUT2D eigenvalue weighted by molar-refractivity contribution is 7.85. The summed E-state index contributed by atoms with van der Waals surface area (Å²) in [5.74, 6) is 0. The number of nitrogens with one attached hydrogen (secondary N) is 1. The van der Waals surface area contributed by atoms with Gasteiger partial charge in [0.1, 0.15) is 0 Å². The summed E-state index contributed by atoms with van der Waals surface area (Å²) in [6.45, 7) is 0. The summed E-state index contributed by atoms with van der Waals surface area (Å²) in [6.07, 6.45) is 0. The minimum atomic E-state index is -1.55. The molecule has 20 heavy (non-hydrogen) atoms. The molecule has 1 heterocycles. The maximum absolute atomic E-state index is 12.5. The van der Waals surface area contributed by atoms with Crippen molar-refractivity contribution in [3.63, 3.8) is 0 Å². The van der Waals surface area contributed by atoms with Gasteiger partial charge < -0.3 is 5.32 Å². The van der Waals surface area contributed by atoms with Crippen LogP contribution in [0, 0.1) is 10.1 Å². The Morgan fingerprint density at radius 1 is 1.15 bits per heavy atom. The molecule has 0 amide bonds. The maximum atomic E-state index is 12.5. The van der Waals surface area contributed by atoms with Crippen LogP contribution in [-0.2, 0) is 10.8 Å². The van der Waals surface area contributed by atoms with E-state index in [-0.39, 0.29) is 10.7 Å². The largest absolute Gasteiger partial charge is 0.352 e. The van der Waals surface area contributed by atoms with Gasteiger partial charge in [-0.1, -0.05) is 23.2 Å². The Kier molecular flexibility index (Phi) is 3.16. The van der Waals surface area contributed by atoms with Crippen LogP contribution in [0.5, 0.6) is 0 Å². The predicted molar refractivity (Wildman–Crippen MR) is 77.5 cm³/mol.